The van der Waals surface area contributed by atoms with Crippen molar-refractivity contribution in [1.29, 1.82) is 0 Å². The van der Waals surface area contributed by atoms with Crippen LogP contribution in [0.4, 0.5) is 16.2 Å². The van der Waals surface area contributed by atoms with Crippen molar-refractivity contribution >= 4 is 29.3 Å². The van der Waals surface area contributed by atoms with Gasteiger partial charge < -0.3 is 25.8 Å². The summed E-state index contributed by atoms with van der Waals surface area (Å²) in [5, 5.41) is 18.6. The van der Waals surface area contributed by atoms with Crippen LogP contribution in [-0.4, -0.2) is 42.3 Å². The van der Waals surface area contributed by atoms with Gasteiger partial charge in [0.15, 0.2) is 0 Å². The summed E-state index contributed by atoms with van der Waals surface area (Å²) in [5.74, 6) is -1.05. The number of carbonyl (C=O) groups is 3. The van der Waals surface area contributed by atoms with Gasteiger partial charge in [0.25, 0.3) is 5.91 Å². The van der Waals surface area contributed by atoms with Gasteiger partial charge in [-0.15, -0.1) is 0 Å². The summed E-state index contributed by atoms with van der Waals surface area (Å²) >= 11 is 0. The molecule has 1 saturated heterocycles. The molecule has 45 heavy (non-hydrogen) atoms. The van der Waals surface area contributed by atoms with Crippen molar-refractivity contribution in [1.82, 2.24) is 5.32 Å². The fourth-order valence-electron chi connectivity index (χ4n) is 6.85. The van der Waals surface area contributed by atoms with Crippen LogP contribution < -0.4 is 16.0 Å². The van der Waals surface area contributed by atoms with Crippen LogP contribution in [-0.2, 0) is 16.0 Å². The van der Waals surface area contributed by atoms with Crippen LogP contribution in [0.25, 0.3) is 11.1 Å². The van der Waals surface area contributed by atoms with E-state index in [2.05, 4.69) is 40.2 Å². The molecule has 5 rings (SSSR count). The Morgan fingerprint density at radius 3 is 2.11 bits per heavy atom. The Hall–Kier alpha value is -4.17. The highest BCUT2D eigenvalue weighted by Crippen LogP contribution is 2.30. The maximum Gasteiger partial charge on any atom is 0.326 e. The zero-order valence-corrected chi connectivity index (χ0v) is 26.6. The number of aliphatic carboxylic acids is 1. The Morgan fingerprint density at radius 1 is 0.822 bits per heavy atom. The first-order valence-corrected chi connectivity index (χ1v) is 16.2. The first-order valence-electron chi connectivity index (χ1n) is 16.2. The number of carbonyl (C=O) groups excluding carboxylic acids is 2. The van der Waals surface area contributed by atoms with E-state index in [9.17, 15) is 19.5 Å². The number of carboxylic acid groups (broad SMARTS) is 1. The summed E-state index contributed by atoms with van der Waals surface area (Å²) in [6.07, 6.45) is 7.69. The summed E-state index contributed by atoms with van der Waals surface area (Å²) in [6.45, 7) is 7.54. The fraction of sp³-hybridized carbons (Fsp3) is 0.432. The molecule has 8 nitrogen and oxygen atoms in total. The van der Waals surface area contributed by atoms with Gasteiger partial charge in [-0.05, 0) is 105 Å². The summed E-state index contributed by atoms with van der Waals surface area (Å²) in [6, 6.07) is 16.2. The summed E-state index contributed by atoms with van der Waals surface area (Å²) < 4.78 is 5.50. The van der Waals surface area contributed by atoms with E-state index in [1.54, 1.807) is 12.1 Å². The molecule has 1 aliphatic heterocycles. The smallest absolute Gasteiger partial charge is 0.326 e. The molecule has 0 aromatic heterocycles. The molecule has 0 unspecified atom stereocenters. The van der Waals surface area contributed by atoms with E-state index < -0.39 is 23.9 Å². The Kier molecular flexibility index (Phi) is 10.6. The lowest BCUT2D eigenvalue weighted by atomic mass is 9.83. The average Bonchev–Trinajstić information content (AvgIpc) is 3.02. The first kappa shape index (κ1) is 32.2. The molecule has 2 fully saturated rings. The van der Waals surface area contributed by atoms with E-state index in [0.29, 0.717) is 17.3 Å². The third-order valence-corrected chi connectivity index (χ3v) is 9.25. The number of amides is 3. The zero-order chi connectivity index (χ0) is 31.9. The van der Waals surface area contributed by atoms with Crippen LogP contribution in [0.15, 0.2) is 54.6 Å². The number of aryl methyl sites for hydroxylation is 3. The van der Waals surface area contributed by atoms with Crippen molar-refractivity contribution in [3.05, 3.63) is 82.4 Å². The van der Waals surface area contributed by atoms with Gasteiger partial charge in [0.2, 0.25) is 0 Å². The van der Waals surface area contributed by atoms with Crippen molar-refractivity contribution in [3.8, 4) is 11.1 Å². The van der Waals surface area contributed by atoms with Crippen molar-refractivity contribution in [2.75, 3.05) is 23.8 Å². The Balaban J connectivity index is 1.40. The lowest BCUT2D eigenvalue weighted by molar-refractivity contribution is -0.141. The van der Waals surface area contributed by atoms with Crippen molar-refractivity contribution < 1.29 is 24.2 Å². The predicted molar refractivity (Wildman–Crippen MR) is 178 cm³/mol. The molecule has 1 aliphatic carbocycles. The molecule has 4 N–H and O–H groups in total. The minimum atomic E-state index is -1.04. The Labute approximate surface area is 266 Å². The lowest BCUT2D eigenvalue weighted by Gasteiger charge is -2.28. The fourth-order valence-corrected chi connectivity index (χ4v) is 6.85. The number of urea groups is 1. The van der Waals surface area contributed by atoms with E-state index in [1.807, 2.05) is 39.0 Å². The summed E-state index contributed by atoms with van der Waals surface area (Å²) in [5.41, 5.74) is 7.27. The van der Waals surface area contributed by atoms with Gasteiger partial charge in [0.05, 0.1) is 11.3 Å². The number of carboxylic acids is 1. The Bertz CT molecular complexity index is 1500. The molecule has 2 aliphatic rings. The minimum absolute atomic E-state index is 0.119. The number of hydrogen-bond donors (Lipinski definition) is 4. The van der Waals surface area contributed by atoms with Gasteiger partial charge in [-0.1, -0.05) is 67.3 Å². The molecule has 1 saturated carbocycles. The van der Waals surface area contributed by atoms with E-state index in [4.69, 9.17) is 4.74 Å². The molecule has 1 atom stereocenters. The molecule has 1 heterocycles. The standard InChI is InChI=1S/C37H45N3O5/c1-23-19-24(2)33(25(3)20-23)40-37(44)38-32-22-30(28-11-9-26(10-12-28)21-27-15-17-45-18-16-27)13-14-31(32)35(41)39-34(36(42)43)29-7-5-4-6-8-29/h9-14,19-20,22,27,29,34H,4-8,15-18,21H2,1-3H3,(H,39,41)(H,42,43)(H2,38,40,44)/t34-/m0/s1. The van der Waals surface area contributed by atoms with E-state index in [0.717, 1.165) is 92.4 Å². The number of hydrogen-bond acceptors (Lipinski definition) is 4. The van der Waals surface area contributed by atoms with Crippen LogP contribution in [0.2, 0.25) is 0 Å². The molecular formula is C37H45N3O5. The maximum absolute atomic E-state index is 13.6. The zero-order valence-electron chi connectivity index (χ0n) is 26.6. The molecule has 3 aromatic carbocycles. The second-order valence-corrected chi connectivity index (χ2v) is 12.8. The number of anilines is 2. The largest absolute Gasteiger partial charge is 0.480 e. The minimum Gasteiger partial charge on any atom is -0.480 e. The highest BCUT2D eigenvalue weighted by Gasteiger charge is 2.31. The van der Waals surface area contributed by atoms with Crippen molar-refractivity contribution in [2.45, 2.75) is 78.2 Å². The van der Waals surface area contributed by atoms with E-state index in [-0.39, 0.29) is 11.5 Å². The highest BCUT2D eigenvalue weighted by atomic mass is 16.5. The van der Waals surface area contributed by atoms with Crippen LogP contribution >= 0.6 is 0 Å². The van der Waals surface area contributed by atoms with Gasteiger partial charge in [-0.2, -0.15) is 0 Å². The van der Waals surface area contributed by atoms with Crippen molar-refractivity contribution in [2.24, 2.45) is 11.8 Å². The summed E-state index contributed by atoms with van der Waals surface area (Å²) in [7, 11) is 0. The molecule has 3 amide bonds. The molecule has 0 bridgehead atoms. The molecular weight excluding hydrogens is 566 g/mol. The van der Waals surface area contributed by atoms with Gasteiger partial charge >= 0.3 is 12.0 Å². The number of ether oxygens (including phenoxy) is 1. The number of nitrogens with one attached hydrogen (secondary N) is 3. The molecule has 0 radical (unpaired) electrons. The molecule has 0 spiro atoms. The third-order valence-electron chi connectivity index (χ3n) is 9.25. The monoisotopic (exact) mass is 611 g/mol. The lowest BCUT2D eigenvalue weighted by Crippen LogP contribution is -2.46. The number of benzene rings is 3. The maximum atomic E-state index is 13.6. The average molecular weight is 612 g/mol. The topological polar surface area (TPSA) is 117 Å². The van der Waals surface area contributed by atoms with Crippen LogP contribution in [0.3, 0.4) is 0 Å². The normalized spacial score (nSPS) is 16.5. The molecule has 238 valence electrons. The SMILES string of the molecule is Cc1cc(C)c(NC(=O)Nc2cc(-c3ccc(CC4CCOCC4)cc3)ccc2C(=O)N[C@H](C(=O)O)C2CCCCC2)c(C)c1. The quantitative estimate of drug-likeness (QED) is 0.198. The van der Waals surface area contributed by atoms with Gasteiger partial charge in [-0.25, -0.2) is 9.59 Å². The van der Waals surface area contributed by atoms with Crippen LogP contribution in [0, 0.1) is 32.6 Å². The number of rotatable bonds is 9. The highest BCUT2D eigenvalue weighted by molar-refractivity contribution is 6.08. The van der Waals surface area contributed by atoms with E-state index in [1.165, 1.54) is 5.56 Å². The first-order chi connectivity index (χ1) is 21.7. The van der Waals surface area contributed by atoms with Gasteiger partial charge in [0.1, 0.15) is 6.04 Å². The predicted octanol–water partition coefficient (Wildman–Crippen LogP) is 7.66. The second kappa shape index (κ2) is 14.7. The van der Waals surface area contributed by atoms with Gasteiger partial charge in [-0.3, -0.25) is 4.79 Å². The third kappa shape index (κ3) is 8.31. The molecule has 8 heteroatoms. The van der Waals surface area contributed by atoms with Gasteiger partial charge in [0, 0.05) is 18.9 Å². The van der Waals surface area contributed by atoms with Crippen LogP contribution in [0.1, 0.15) is 77.6 Å². The van der Waals surface area contributed by atoms with Crippen molar-refractivity contribution in [3.63, 3.8) is 0 Å². The van der Waals surface area contributed by atoms with Crippen LogP contribution in [0.5, 0.6) is 0 Å². The van der Waals surface area contributed by atoms with E-state index >= 15 is 0 Å². The molecule has 3 aromatic rings. The second-order valence-electron chi connectivity index (χ2n) is 12.8. The Morgan fingerprint density at radius 2 is 1.47 bits per heavy atom. The summed E-state index contributed by atoms with van der Waals surface area (Å²) in [4.78, 5) is 39.2.